The lowest BCUT2D eigenvalue weighted by molar-refractivity contribution is -0.438. The highest BCUT2D eigenvalue weighted by Gasteiger charge is 2.44. The van der Waals surface area contributed by atoms with E-state index in [9.17, 15) is 31.0 Å². The van der Waals surface area contributed by atoms with Gasteiger partial charge in [0.25, 0.3) is 20.2 Å². The van der Waals surface area contributed by atoms with Gasteiger partial charge in [-0.1, -0.05) is 56.3 Å². The summed E-state index contributed by atoms with van der Waals surface area (Å²) in [6, 6.07) is 16.4. The minimum Gasteiger partial charge on any atom is -0.507 e. The largest absolute Gasteiger partial charge is 0.507 e. The first-order valence-electron chi connectivity index (χ1n) is 17.0. The molecular weight excluding hydrogens is 661 g/mol. The van der Waals surface area contributed by atoms with E-state index in [-0.39, 0.29) is 28.1 Å². The maximum absolute atomic E-state index is 11.5. The molecule has 0 aromatic heterocycles. The number of rotatable bonds is 13. The average Bonchev–Trinajstić information content (AvgIpc) is 3.37. The molecule has 2 aromatic rings. The van der Waals surface area contributed by atoms with Crippen molar-refractivity contribution in [3.05, 3.63) is 107 Å². The number of allylic oxidation sites excluding steroid dienone is 7. The topological polar surface area (TPSA) is 135 Å². The van der Waals surface area contributed by atoms with Gasteiger partial charge in [-0.2, -0.15) is 21.4 Å². The third-order valence-corrected chi connectivity index (χ3v) is 11.7. The number of anilines is 1. The zero-order valence-electron chi connectivity index (χ0n) is 28.9. The van der Waals surface area contributed by atoms with Gasteiger partial charge in [0.1, 0.15) is 12.3 Å². The Morgan fingerprint density at radius 1 is 0.776 bits per heavy atom. The summed E-state index contributed by atoms with van der Waals surface area (Å²) in [5.74, 6) is -0.253. The molecule has 0 saturated carbocycles. The van der Waals surface area contributed by atoms with Gasteiger partial charge < -0.3 is 10.0 Å². The van der Waals surface area contributed by atoms with E-state index < -0.39 is 20.2 Å². The van der Waals surface area contributed by atoms with Crippen LogP contribution in [0.2, 0.25) is 0 Å². The van der Waals surface area contributed by atoms with Gasteiger partial charge in [-0.25, -0.2) is 0 Å². The quantitative estimate of drug-likeness (QED) is 0.110. The van der Waals surface area contributed by atoms with Crippen LogP contribution in [0.1, 0.15) is 83.8 Å². The van der Waals surface area contributed by atoms with E-state index in [1.165, 1.54) is 11.1 Å². The summed E-state index contributed by atoms with van der Waals surface area (Å²) in [5.41, 5.74) is 7.75. The monoisotopic (exact) mass is 709 g/mol. The molecule has 2 aliphatic heterocycles. The molecule has 3 N–H and O–H groups in total. The van der Waals surface area contributed by atoms with Crippen molar-refractivity contribution in [3.63, 3.8) is 0 Å². The molecule has 11 heteroatoms. The SMILES string of the molecule is CC1(C)C(/C=C/C2=C(O)C(=C/C=C3/N(CCCCS(=O)(=O)O)c4ccccc4C3(C)C)/CCC2)=[N+](CCCCS(=O)(=O)O)c2ccccc21. The number of aliphatic hydroxyl groups is 1. The van der Waals surface area contributed by atoms with E-state index in [0.29, 0.717) is 38.8 Å². The Morgan fingerprint density at radius 2 is 1.41 bits per heavy atom. The smallest absolute Gasteiger partial charge is 0.264 e. The first-order chi connectivity index (χ1) is 23.0. The molecule has 0 bridgehead atoms. The predicted octanol–water partition coefficient (Wildman–Crippen LogP) is 7.56. The van der Waals surface area contributed by atoms with Crippen LogP contribution in [-0.2, 0) is 31.1 Å². The number of aliphatic hydroxyl groups excluding tert-OH is 1. The van der Waals surface area contributed by atoms with Crippen molar-refractivity contribution in [1.29, 1.82) is 0 Å². The fourth-order valence-electron chi connectivity index (χ4n) is 7.47. The molecule has 0 saturated heterocycles. The maximum Gasteiger partial charge on any atom is 0.264 e. The molecule has 0 radical (unpaired) electrons. The molecule has 3 aliphatic rings. The normalized spacial score (nSPS) is 20.6. The van der Waals surface area contributed by atoms with Crippen molar-refractivity contribution in [3.8, 4) is 0 Å². The molecule has 0 fully saturated rings. The number of nitrogens with zero attached hydrogens (tertiary/aromatic N) is 2. The van der Waals surface area contributed by atoms with Crippen molar-refractivity contribution in [2.24, 2.45) is 0 Å². The Hall–Kier alpha value is -3.51. The summed E-state index contributed by atoms with van der Waals surface area (Å²) in [6.07, 6.45) is 12.5. The first-order valence-corrected chi connectivity index (χ1v) is 20.3. The summed E-state index contributed by atoms with van der Waals surface area (Å²) < 4.78 is 65.8. The maximum atomic E-state index is 11.5. The Kier molecular flexibility index (Phi) is 10.8. The molecule has 2 aromatic carbocycles. The molecule has 2 heterocycles. The molecule has 0 unspecified atom stereocenters. The number of hydrogen-bond donors (Lipinski definition) is 3. The van der Waals surface area contributed by atoms with Crippen molar-refractivity contribution < 1.29 is 35.6 Å². The summed E-state index contributed by atoms with van der Waals surface area (Å²) in [5, 5.41) is 11.5. The van der Waals surface area contributed by atoms with Crippen LogP contribution < -0.4 is 4.90 Å². The summed E-state index contributed by atoms with van der Waals surface area (Å²) in [7, 11) is -8.02. The number of fused-ring (bicyclic) bond motifs is 2. The van der Waals surface area contributed by atoms with E-state index in [1.54, 1.807) is 0 Å². The Morgan fingerprint density at radius 3 is 2.10 bits per heavy atom. The van der Waals surface area contributed by atoms with E-state index in [1.807, 2.05) is 36.4 Å². The third-order valence-electron chi connectivity index (χ3n) is 10.1. The van der Waals surface area contributed by atoms with Gasteiger partial charge in [-0.05, 0) is 87.3 Å². The molecule has 1 aliphatic carbocycles. The van der Waals surface area contributed by atoms with E-state index in [2.05, 4.69) is 73.6 Å². The molecule has 0 amide bonds. The van der Waals surface area contributed by atoms with E-state index in [4.69, 9.17) is 0 Å². The zero-order valence-corrected chi connectivity index (χ0v) is 30.5. The Bertz CT molecular complexity index is 1970. The van der Waals surface area contributed by atoms with E-state index in [0.717, 1.165) is 53.2 Å². The van der Waals surface area contributed by atoms with Crippen molar-refractivity contribution >= 4 is 37.3 Å². The van der Waals surface area contributed by atoms with Crippen molar-refractivity contribution in [2.45, 2.75) is 83.5 Å². The fourth-order valence-corrected chi connectivity index (χ4v) is 8.61. The highest BCUT2D eigenvalue weighted by atomic mass is 32.2. The highest BCUT2D eigenvalue weighted by Crippen LogP contribution is 2.48. The number of hydrogen-bond acceptors (Lipinski definition) is 6. The lowest BCUT2D eigenvalue weighted by Crippen LogP contribution is -2.28. The van der Waals surface area contributed by atoms with Crippen molar-refractivity contribution in [2.75, 3.05) is 29.5 Å². The van der Waals surface area contributed by atoms with Gasteiger partial charge in [0, 0.05) is 47.5 Å². The van der Waals surface area contributed by atoms with Gasteiger partial charge in [-0.3, -0.25) is 9.11 Å². The summed E-state index contributed by atoms with van der Waals surface area (Å²) in [4.78, 5) is 2.22. The fraction of sp³-hybridized carbons (Fsp3) is 0.447. The molecule has 9 nitrogen and oxygen atoms in total. The highest BCUT2D eigenvalue weighted by molar-refractivity contribution is 7.86. The minimum atomic E-state index is -4.01. The average molecular weight is 710 g/mol. The lowest BCUT2D eigenvalue weighted by Gasteiger charge is -2.27. The molecule has 5 rings (SSSR count). The number of para-hydroxylation sites is 2. The molecule has 264 valence electrons. The molecular formula is C38H49N2O7S2+. The second kappa shape index (κ2) is 14.4. The summed E-state index contributed by atoms with van der Waals surface area (Å²) in [6.45, 7) is 9.89. The number of unbranched alkanes of at least 4 members (excludes halogenated alkanes) is 2. The summed E-state index contributed by atoms with van der Waals surface area (Å²) >= 11 is 0. The Balaban J connectivity index is 1.44. The lowest BCUT2D eigenvalue weighted by atomic mass is 9.81. The molecule has 49 heavy (non-hydrogen) atoms. The molecule has 0 atom stereocenters. The van der Waals surface area contributed by atoms with Crippen LogP contribution >= 0.6 is 0 Å². The van der Waals surface area contributed by atoms with E-state index >= 15 is 0 Å². The van der Waals surface area contributed by atoms with Gasteiger partial charge in [0.2, 0.25) is 5.69 Å². The minimum absolute atomic E-state index is 0.266. The molecule has 0 spiro atoms. The zero-order chi connectivity index (χ0) is 35.6. The van der Waals surface area contributed by atoms with Crippen LogP contribution in [0, 0.1) is 0 Å². The predicted molar refractivity (Wildman–Crippen MR) is 196 cm³/mol. The first kappa shape index (κ1) is 36.8. The van der Waals surface area contributed by atoms with Gasteiger partial charge in [0.05, 0.1) is 16.9 Å². The standard InChI is InChI=1S/C38H48N2O7S2/c1-37(2)30-16-5-7-18-32(30)39(24-9-11-26-48(42,43)44)34(37)22-20-28-14-13-15-29(36(28)41)21-23-35-38(3,4)31-17-6-8-19-33(31)40(35)25-10-12-27-49(45,46)47/h5-8,16-23H,9-15,24-27H2,1-4H3,(H2,42,43,44,45,46,47)/p+1/b28-20+,34-22+. The van der Waals surface area contributed by atoms with Gasteiger partial charge in [-0.15, -0.1) is 0 Å². The van der Waals surface area contributed by atoms with Crippen LogP contribution in [0.25, 0.3) is 0 Å². The second-order valence-corrected chi connectivity index (χ2v) is 17.4. The Labute approximate surface area is 291 Å². The van der Waals surface area contributed by atoms with Crippen LogP contribution in [0.3, 0.4) is 0 Å². The van der Waals surface area contributed by atoms with Crippen LogP contribution in [0.5, 0.6) is 0 Å². The third kappa shape index (κ3) is 8.28. The number of benzene rings is 2. The van der Waals surface area contributed by atoms with Crippen LogP contribution in [0.15, 0.2) is 95.4 Å². The second-order valence-electron chi connectivity index (χ2n) is 14.3. The van der Waals surface area contributed by atoms with Gasteiger partial charge in [0.15, 0.2) is 5.71 Å². The van der Waals surface area contributed by atoms with Gasteiger partial charge >= 0.3 is 0 Å². The van der Waals surface area contributed by atoms with Crippen LogP contribution in [-0.4, -0.2) is 65.9 Å². The van der Waals surface area contributed by atoms with Crippen molar-refractivity contribution in [1.82, 2.24) is 0 Å². The van der Waals surface area contributed by atoms with Crippen LogP contribution in [0.4, 0.5) is 11.4 Å².